The minimum Gasteiger partial charge on any atom is -0.351 e. The number of hydrogen-bond donors (Lipinski definition) is 1. The molecule has 3 aromatic heterocycles. The van der Waals surface area contributed by atoms with Gasteiger partial charge in [0.25, 0.3) is 0 Å². The quantitative estimate of drug-likeness (QED) is 0.575. The van der Waals surface area contributed by atoms with Crippen LogP contribution in [0.2, 0.25) is 0 Å². The van der Waals surface area contributed by atoms with Crippen LogP contribution in [0, 0.1) is 18.8 Å². The molecule has 0 aromatic carbocycles. The summed E-state index contributed by atoms with van der Waals surface area (Å²) in [6, 6.07) is 6.68. The minimum atomic E-state index is 0.478. The topological polar surface area (TPSA) is 55.1 Å². The molecule has 1 saturated carbocycles. The van der Waals surface area contributed by atoms with E-state index in [0.29, 0.717) is 12.0 Å². The van der Waals surface area contributed by atoms with E-state index in [9.17, 15) is 0 Å². The van der Waals surface area contributed by atoms with Crippen molar-refractivity contribution in [1.29, 1.82) is 0 Å². The molecule has 3 heterocycles. The van der Waals surface area contributed by atoms with Crippen molar-refractivity contribution in [2.45, 2.75) is 65.8 Å². The second-order valence-corrected chi connectivity index (χ2v) is 9.25. The molecule has 0 bridgehead atoms. The number of nitrogens with one attached hydrogen (secondary N) is 1. The molecule has 0 atom stereocenters. The fourth-order valence-corrected chi connectivity index (χ4v) is 4.46. The summed E-state index contributed by atoms with van der Waals surface area (Å²) in [4.78, 5) is 9.84. The maximum atomic E-state index is 4.99. The third-order valence-electron chi connectivity index (χ3n) is 6.17. The lowest BCUT2D eigenvalue weighted by atomic mass is 9.87. The molecule has 0 amide bonds. The molecule has 0 radical (unpaired) electrons. The summed E-state index contributed by atoms with van der Waals surface area (Å²) in [5, 5.41) is 7.91. The van der Waals surface area contributed by atoms with Crippen molar-refractivity contribution in [3.05, 3.63) is 59.7 Å². The van der Waals surface area contributed by atoms with Crippen LogP contribution < -0.4 is 5.32 Å². The summed E-state index contributed by atoms with van der Waals surface area (Å²) in [5.74, 6) is 2.11. The van der Waals surface area contributed by atoms with E-state index in [0.717, 1.165) is 51.9 Å². The number of nitrogens with zero attached hydrogens (tertiary/aromatic N) is 4. The molecule has 1 fully saturated rings. The highest BCUT2D eigenvalue weighted by Gasteiger charge is 2.21. The number of pyridine rings is 1. The van der Waals surface area contributed by atoms with Crippen LogP contribution in [-0.2, 0) is 6.42 Å². The zero-order valence-corrected chi connectivity index (χ0v) is 18.7. The van der Waals surface area contributed by atoms with Gasteiger partial charge in [-0.3, -0.25) is 0 Å². The van der Waals surface area contributed by atoms with Crippen molar-refractivity contribution >= 4 is 17.0 Å². The molecular weight excluding hydrogens is 370 g/mol. The summed E-state index contributed by atoms with van der Waals surface area (Å²) < 4.78 is 1.87. The summed E-state index contributed by atoms with van der Waals surface area (Å²) in [7, 11) is 0. The summed E-state index contributed by atoms with van der Waals surface area (Å²) in [6.45, 7) is 13.3. The molecule has 158 valence electrons. The van der Waals surface area contributed by atoms with Gasteiger partial charge in [0.15, 0.2) is 0 Å². The van der Waals surface area contributed by atoms with Gasteiger partial charge >= 0.3 is 0 Å². The molecule has 5 nitrogen and oxygen atoms in total. The molecule has 0 spiro atoms. The van der Waals surface area contributed by atoms with E-state index < -0.39 is 0 Å². The second kappa shape index (κ2) is 8.58. The summed E-state index contributed by atoms with van der Waals surface area (Å²) in [6.07, 6.45) is 9.65. The third-order valence-corrected chi connectivity index (χ3v) is 6.17. The highest BCUT2D eigenvalue weighted by Crippen LogP contribution is 2.30. The molecule has 0 saturated heterocycles. The molecular formula is C25H33N5. The van der Waals surface area contributed by atoms with Gasteiger partial charge in [0, 0.05) is 24.0 Å². The van der Waals surface area contributed by atoms with Gasteiger partial charge in [-0.25, -0.2) is 14.5 Å². The average molecular weight is 404 g/mol. The van der Waals surface area contributed by atoms with E-state index in [-0.39, 0.29) is 0 Å². The monoisotopic (exact) mass is 403 g/mol. The number of fused-ring (bicyclic) bond motifs is 1. The predicted molar refractivity (Wildman–Crippen MR) is 124 cm³/mol. The fourth-order valence-electron chi connectivity index (χ4n) is 4.46. The van der Waals surface area contributed by atoms with E-state index >= 15 is 0 Å². The number of aryl methyl sites for hydroxylation is 1. The zero-order valence-electron chi connectivity index (χ0n) is 18.7. The highest BCUT2D eigenvalue weighted by atomic mass is 15.2. The Morgan fingerprint density at radius 2 is 1.97 bits per heavy atom. The Balaban J connectivity index is 1.66. The molecule has 5 heteroatoms. The van der Waals surface area contributed by atoms with Crippen molar-refractivity contribution in [2.75, 3.05) is 5.32 Å². The molecule has 3 aromatic rings. The Labute approximate surface area is 179 Å². The lowest BCUT2D eigenvalue weighted by molar-refractivity contribution is 0.360. The largest absolute Gasteiger partial charge is 0.351 e. The molecule has 1 N–H and O–H groups in total. The van der Waals surface area contributed by atoms with Gasteiger partial charge < -0.3 is 5.32 Å². The standard InChI is InChI=1S/C25H33N5/c1-16(2)14-23-24(18(4)20-11-13-30-22(15-20)10-12-26-30)19(5)27-25(29-23)28-21-8-6-17(3)7-9-21/h10-13,15-17,21H,4,6-9,14H2,1-3,5H3,(H,27,28,29). The lowest BCUT2D eigenvalue weighted by Gasteiger charge is -2.27. The highest BCUT2D eigenvalue weighted by molar-refractivity contribution is 5.82. The molecule has 30 heavy (non-hydrogen) atoms. The first-order valence-corrected chi connectivity index (χ1v) is 11.2. The van der Waals surface area contributed by atoms with E-state index in [4.69, 9.17) is 9.97 Å². The first kappa shape index (κ1) is 20.6. The number of hydrogen-bond acceptors (Lipinski definition) is 4. The van der Waals surface area contributed by atoms with Crippen LogP contribution in [0.4, 0.5) is 5.95 Å². The van der Waals surface area contributed by atoms with E-state index in [1.54, 1.807) is 0 Å². The van der Waals surface area contributed by atoms with E-state index in [2.05, 4.69) is 56.8 Å². The van der Waals surface area contributed by atoms with Crippen LogP contribution in [0.5, 0.6) is 0 Å². The minimum absolute atomic E-state index is 0.478. The second-order valence-electron chi connectivity index (χ2n) is 9.25. The van der Waals surface area contributed by atoms with Gasteiger partial charge in [0.2, 0.25) is 5.95 Å². The van der Waals surface area contributed by atoms with Crippen molar-refractivity contribution in [3.8, 4) is 0 Å². The van der Waals surface area contributed by atoms with Crippen LogP contribution in [0.15, 0.2) is 37.2 Å². The van der Waals surface area contributed by atoms with Crippen LogP contribution in [-0.4, -0.2) is 25.6 Å². The van der Waals surface area contributed by atoms with Gasteiger partial charge in [-0.2, -0.15) is 5.10 Å². The Morgan fingerprint density at radius 1 is 1.20 bits per heavy atom. The molecule has 1 aliphatic carbocycles. The normalized spacial score (nSPS) is 19.4. The van der Waals surface area contributed by atoms with Crippen molar-refractivity contribution in [1.82, 2.24) is 19.6 Å². The Kier molecular flexibility index (Phi) is 5.89. The Bertz CT molecular complexity index is 1040. The number of rotatable bonds is 6. The Morgan fingerprint density at radius 3 is 2.70 bits per heavy atom. The smallest absolute Gasteiger partial charge is 0.223 e. The van der Waals surface area contributed by atoms with Gasteiger partial charge in [-0.05, 0) is 80.2 Å². The van der Waals surface area contributed by atoms with Gasteiger partial charge in [-0.15, -0.1) is 0 Å². The fraction of sp³-hybridized carbons (Fsp3) is 0.480. The molecule has 0 unspecified atom stereocenters. The van der Waals surface area contributed by atoms with Gasteiger partial charge in [0.05, 0.1) is 16.9 Å². The van der Waals surface area contributed by atoms with Crippen LogP contribution in [0.3, 0.4) is 0 Å². The van der Waals surface area contributed by atoms with Gasteiger partial charge in [-0.1, -0.05) is 27.4 Å². The first-order valence-electron chi connectivity index (χ1n) is 11.2. The first-order chi connectivity index (χ1) is 14.4. The SMILES string of the molecule is C=C(c1ccn2nccc2c1)c1c(C)nc(NC2CCC(C)CC2)nc1CC(C)C. The molecule has 4 rings (SSSR count). The molecule has 1 aliphatic rings. The van der Waals surface area contributed by atoms with Crippen LogP contribution in [0.1, 0.15) is 69.0 Å². The summed E-state index contributed by atoms with van der Waals surface area (Å²) in [5.41, 5.74) is 6.28. The van der Waals surface area contributed by atoms with E-state index in [1.165, 1.54) is 25.7 Å². The lowest BCUT2D eigenvalue weighted by Crippen LogP contribution is -2.26. The average Bonchev–Trinajstić information content (AvgIpc) is 3.16. The maximum Gasteiger partial charge on any atom is 0.223 e. The zero-order chi connectivity index (χ0) is 21.3. The van der Waals surface area contributed by atoms with Crippen molar-refractivity contribution in [2.24, 2.45) is 11.8 Å². The van der Waals surface area contributed by atoms with Crippen molar-refractivity contribution in [3.63, 3.8) is 0 Å². The number of aromatic nitrogens is 4. The van der Waals surface area contributed by atoms with E-state index in [1.807, 2.05) is 23.0 Å². The van der Waals surface area contributed by atoms with Crippen LogP contribution >= 0.6 is 0 Å². The predicted octanol–water partition coefficient (Wildman–Crippen LogP) is 5.68. The van der Waals surface area contributed by atoms with Crippen molar-refractivity contribution < 1.29 is 0 Å². The van der Waals surface area contributed by atoms with Crippen LogP contribution in [0.25, 0.3) is 11.1 Å². The number of anilines is 1. The Hall–Kier alpha value is -2.69. The molecule has 0 aliphatic heterocycles. The summed E-state index contributed by atoms with van der Waals surface area (Å²) >= 11 is 0. The van der Waals surface area contributed by atoms with Gasteiger partial charge in [0.1, 0.15) is 0 Å². The maximum absolute atomic E-state index is 4.99. The third kappa shape index (κ3) is 4.40.